The third-order valence-corrected chi connectivity index (χ3v) is 6.50. The molecule has 5 rings (SSSR count). The molecule has 0 unspecified atom stereocenters. The van der Waals surface area contributed by atoms with Crippen molar-refractivity contribution in [2.75, 3.05) is 0 Å². The van der Waals surface area contributed by atoms with Crippen molar-refractivity contribution in [2.24, 2.45) is 0 Å². The lowest BCUT2D eigenvalue weighted by molar-refractivity contribution is 0.157. The molecule has 3 aromatic rings. The van der Waals surface area contributed by atoms with Crippen molar-refractivity contribution in [3.8, 4) is 34.1 Å². The summed E-state index contributed by atoms with van der Waals surface area (Å²) in [4.78, 5) is 13.8. The van der Waals surface area contributed by atoms with Crippen molar-refractivity contribution in [3.05, 3.63) is 69.1 Å². The lowest BCUT2D eigenvalue weighted by Crippen LogP contribution is -2.28. The van der Waals surface area contributed by atoms with E-state index in [0.29, 0.717) is 40.2 Å². The number of hydrogen-bond acceptors (Lipinski definition) is 6. The Morgan fingerprint density at radius 1 is 0.917 bits per heavy atom. The van der Waals surface area contributed by atoms with Crippen LogP contribution in [-0.2, 0) is 6.42 Å². The molecule has 3 heterocycles. The second kappa shape index (κ2) is 8.05. The van der Waals surface area contributed by atoms with E-state index >= 15 is 0 Å². The van der Waals surface area contributed by atoms with E-state index in [1.807, 2.05) is 59.8 Å². The summed E-state index contributed by atoms with van der Waals surface area (Å²) in [5.41, 5.74) is 1.92. The monoisotopic (exact) mass is 486 g/mol. The number of aromatic hydroxyl groups is 2. The van der Waals surface area contributed by atoms with E-state index in [-0.39, 0.29) is 28.0 Å². The maximum Gasteiger partial charge on any atom is 0.204 e. The van der Waals surface area contributed by atoms with Crippen LogP contribution in [0.5, 0.6) is 23.0 Å². The van der Waals surface area contributed by atoms with E-state index in [1.165, 1.54) is 6.26 Å². The number of phenols is 2. The van der Waals surface area contributed by atoms with E-state index in [0.717, 1.165) is 5.57 Å². The number of hydrogen-bond donors (Lipinski definition) is 2. The standard InChI is InChI=1S/C30H30O6/c1-16(2)7-8-20-27-19(12-14-30(5,6)36-27)25(32)23-26(33)21(15-34-28(20)23)17-9-10-22-18(24(17)31)11-13-29(3,4)35-22/h7,9-15,31-32H,8H2,1-6H3. The van der Waals surface area contributed by atoms with Gasteiger partial charge >= 0.3 is 0 Å². The number of phenolic OH excluding ortho intramolecular Hbond substituents is 2. The molecule has 0 aliphatic carbocycles. The van der Waals surface area contributed by atoms with Crippen LogP contribution in [0, 0.1) is 0 Å². The van der Waals surface area contributed by atoms with Gasteiger partial charge in [0.05, 0.1) is 16.7 Å². The molecule has 0 saturated carbocycles. The quantitative estimate of drug-likeness (QED) is 0.398. The normalized spacial score (nSPS) is 16.6. The van der Waals surface area contributed by atoms with Crippen LogP contribution in [0.2, 0.25) is 0 Å². The second-order valence-electron chi connectivity index (χ2n) is 10.7. The summed E-state index contributed by atoms with van der Waals surface area (Å²) in [6.45, 7) is 11.7. The first-order valence-electron chi connectivity index (χ1n) is 12.0. The smallest absolute Gasteiger partial charge is 0.204 e. The fourth-order valence-corrected chi connectivity index (χ4v) is 4.60. The molecule has 0 atom stereocenters. The SMILES string of the molecule is CC(C)=CCc1c2c(c(O)c3c(=O)c(-c4ccc5c(c4O)C=CC(C)(C)O5)coc13)C=CC(C)(C)O2. The Morgan fingerprint density at radius 2 is 1.58 bits per heavy atom. The van der Waals surface area contributed by atoms with Gasteiger partial charge in [0.15, 0.2) is 0 Å². The first kappa shape index (κ1) is 23.8. The average molecular weight is 487 g/mol. The number of allylic oxidation sites excluding steroid dienone is 2. The van der Waals surface area contributed by atoms with Crippen LogP contribution in [0.4, 0.5) is 0 Å². The van der Waals surface area contributed by atoms with Crippen LogP contribution in [0.25, 0.3) is 34.2 Å². The summed E-state index contributed by atoms with van der Waals surface area (Å²) >= 11 is 0. The molecule has 0 saturated heterocycles. The highest BCUT2D eigenvalue weighted by Gasteiger charge is 2.31. The van der Waals surface area contributed by atoms with Gasteiger partial charge in [-0.1, -0.05) is 11.6 Å². The minimum atomic E-state index is -0.577. The van der Waals surface area contributed by atoms with Gasteiger partial charge < -0.3 is 24.1 Å². The van der Waals surface area contributed by atoms with Gasteiger partial charge in [-0.15, -0.1) is 0 Å². The molecule has 6 nitrogen and oxygen atoms in total. The van der Waals surface area contributed by atoms with Crippen LogP contribution < -0.4 is 14.9 Å². The first-order valence-corrected chi connectivity index (χ1v) is 12.0. The summed E-state index contributed by atoms with van der Waals surface area (Å²) in [5, 5.41) is 22.4. The molecular formula is C30H30O6. The summed E-state index contributed by atoms with van der Waals surface area (Å²) < 4.78 is 18.2. The fraction of sp³-hybridized carbons (Fsp3) is 0.300. The van der Waals surface area contributed by atoms with Crippen molar-refractivity contribution in [1.82, 2.24) is 0 Å². The molecule has 6 heteroatoms. The molecule has 2 aliphatic rings. The summed E-state index contributed by atoms with van der Waals surface area (Å²) in [7, 11) is 0. The number of benzene rings is 2. The Morgan fingerprint density at radius 3 is 2.28 bits per heavy atom. The van der Waals surface area contributed by atoms with Crippen molar-refractivity contribution in [1.29, 1.82) is 0 Å². The van der Waals surface area contributed by atoms with Crippen LogP contribution >= 0.6 is 0 Å². The molecule has 2 aliphatic heterocycles. The van der Waals surface area contributed by atoms with Crippen LogP contribution in [0.15, 0.2) is 51.4 Å². The minimum Gasteiger partial charge on any atom is -0.507 e. The topological polar surface area (TPSA) is 89.1 Å². The molecule has 2 aromatic carbocycles. The zero-order valence-electron chi connectivity index (χ0n) is 21.4. The van der Waals surface area contributed by atoms with Crippen LogP contribution in [0.3, 0.4) is 0 Å². The maximum atomic E-state index is 13.8. The molecule has 0 radical (unpaired) electrons. The van der Waals surface area contributed by atoms with Crippen LogP contribution in [0.1, 0.15) is 58.2 Å². The van der Waals surface area contributed by atoms with E-state index in [1.54, 1.807) is 24.3 Å². The van der Waals surface area contributed by atoms with Crippen molar-refractivity contribution >= 4 is 23.1 Å². The molecular weight excluding hydrogens is 456 g/mol. The van der Waals surface area contributed by atoms with Crippen molar-refractivity contribution in [2.45, 2.75) is 59.2 Å². The third kappa shape index (κ3) is 3.87. The van der Waals surface area contributed by atoms with Gasteiger partial charge in [-0.2, -0.15) is 0 Å². The van der Waals surface area contributed by atoms with E-state index in [4.69, 9.17) is 13.9 Å². The molecule has 2 N–H and O–H groups in total. The highest BCUT2D eigenvalue weighted by molar-refractivity contribution is 5.96. The van der Waals surface area contributed by atoms with Gasteiger partial charge in [0.25, 0.3) is 0 Å². The summed E-state index contributed by atoms with van der Waals surface area (Å²) in [6, 6.07) is 3.36. The van der Waals surface area contributed by atoms with Gasteiger partial charge in [0.2, 0.25) is 5.43 Å². The molecule has 0 bridgehead atoms. The van der Waals surface area contributed by atoms with E-state index in [9.17, 15) is 15.0 Å². The Kier molecular flexibility index (Phi) is 5.32. The largest absolute Gasteiger partial charge is 0.507 e. The summed E-state index contributed by atoms with van der Waals surface area (Å²) in [6.07, 6.45) is 11.1. The highest BCUT2D eigenvalue weighted by atomic mass is 16.5. The van der Waals surface area contributed by atoms with Gasteiger partial charge in [-0.3, -0.25) is 4.79 Å². The molecule has 36 heavy (non-hydrogen) atoms. The number of rotatable bonds is 3. The second-order valence-corrected chi connectivity index (χ2v) is 10.7. The molecule has 186 valence electrons. The first-order chi connectivity index (χ1) is 16.9. The van der Waals surface area contributed by atoms with Crippen molar-refractivity contribution in [3.63, 3.8) is 0 Å². The Balaban J connectivity index is 1.77. The number of ether oxygens (including phenoxy) is 2. The molecule has 1 aromatic heterocycles. The maximum absolute atomic E-state index is 13.8. The Hall–Kier alpha value is -3.93. The van der Waals surface area contributed by atoms with Crippen molar-refractivity contribution < 1.29 is 24.1 Å². The third-order valence-electron chi connectivity index (χ3n) is 6.50. The van der Waals surface area contributed by atoms with Gasteiger partial charge in [0.1, 0.15) is 51.4 Å². The zero-order valence-corrected chi connectivity index (χ0v) is 21.4. The van der Waals surface area contributed by atoms with Crippen LogP contribution in [-0.4, -0.2) is 21.4 Å². The predicted molar refractivity (Wildman–Crippen MR) is 142 cm³/mol. The predicted octanol–water partition coefficient (Wildman–Crippen LogP) is 6.75. The fourth-order valence-electron chi connectivity index (χ4n) is 4.60. The number of fused-ring (bicyclic) bond motifs is 3. The molecule has 0 spiro atoms. The van der Waals surface area contributed by atoms with Gasteiger partial charge in [-0.05, 0) is 84.4 Å². The lowest BCUT2D eigenvalue weighted by atomic mass is 9.93. The van der Waals surface area contributed by atoms with E-state index in [2.05, 4.69) is 0 Å². The molecule has 0 amide bonds. The highest BCUT2D eigenvalue weighted by Crippen LogP contribution is 2.46. The Bertz CT molecular complexity index is 1560. The van der Waals surface area contributed by atoms with Gasteiger partial charge in [-0.25, -0.2) is 0 Å². The van der Waals surface area contributed by atoms with Gasteiger partial charge in [0, 0.05) is 11.1 Å². The zero-order chi connectivity index (χ0) is 26.0. The molecule has 0 fully saturated rings. The minimum absolute atomic E-state index is 0.0569. The average Bonchev–Trinajstić information content (AvgIpc) is 2.78. The lowest BCUT2D eigenvalue weighted by Gasteiger charge is -2.30. The Labute approximate surface area is 209 Å². The van der Waals surface area contributed by atoms with E-state index < -0.39 is 16.6 Å². The summed E-state index contributed by atoms with van der Waals surface area (Å²) in [5.74, 6) is 0.742.